The lowest BCUT2D eigenvalue weighted by Crippen LogP contribution is -2.50. The maximum Gasteiger partial charge on any atom is 0.313 e. The van der Waals surface area contributed by atoms with Gasteiger partial charge in [0.2, 0.25) is 0 Å². The van der Waals surface area contributed by atoms with Crippen LogP contribution in [0.15, 0.2) is 42.5 Å². The van der Waals surface area contributed by atoms with Crippen LogP contribution in [0.4, 0.5) is 5.69 Å². The van der Waals surface area contributed by atoms with Crippen molar-refractivity contribution >= 4 is 39.4 Å². The van der Waals surface area contributed by atoms with Crippen LogP contribution in [0.2, 0.25) is 0 Å². The smallest absolute Gasteiger partial charge is 0.313 e. The van der Waals surface area contributed by atoms with E-state index in [9.17, 15) is 9.59 Å². The molecule has 3 aromatic rings. The van der Waals surface area contributed by atoms with Crippen LogP contribution in [0.1, 0.15) is 40.5 Å². The van der Waals surface area contributed by atoms with Gasteiger partial charge >= 0.3 is 5.97 Å². The SMILES string of the molecule is CCn1c2ccccc2c2cc(NC(=O)[C@]34CC[C@](C)(C(=O)O3)C4(C)C)ccc21. The summed E-state index contributed by atoms with van der Waals surface area (Å²) in [5.41, 5.74) is 0.788. The second-order valence-electron chi connectivity index (χ2n) is 9.12. The lowest BCUT2D eigenvalue weighted by molar-refractivity contribution is -0.165. The van der Waals surface area contributed by atoms with Crippen molar-refractivity contribution in [2.45, 2.75) is 52.7 Å². The van der Waals surface area contributed by atoms with E-state index in [2.05, 4.69) is 35.0 Å². The molecule has 1 amide bonds. The van der Waals surface area contributed by atoms with E-state index in [-0.39, 0.29) is 11.9 Å². The maximum absolute atomic E-state index is 13.4. The van der Waals surface area contributed by atoms with Crippen LogP contribution in [0, 0.1) is 10.8 Å². The van der Waals surface area contributed by atoms with E-state index in [0.29, 0.717) is 12.8 Å². The number of hydrogen-bond donors (Lipinski definition) is 1. The van der Waals surface area contributed by atoms with Gasteiger partial charge in [0, 0.05) is 39.5 Å². The first-order valence-electron chi connectivity index (χ1n) is 10.3. The number of anilines is 1. The number of esters is 1. The Balaban J connectivity index is 1.55. The van der Waals surface area contributed by atoms with E-state index in [1.807, 2.05) is 45.0 Å². The molecule has 2 heterocycles. The third-order valence-electron chi connectivity index (χ3n) is 7.80. The summed E-state index contributed by atoms with van der Waals surface area (Å²) in [5, 5.41) is 5.33. The Hall–Kier alpha value is -2.82. The van der Waals surface area contributed by atoms with Gasteiger partial charge in [0.05, 0.1) is 5.41 Å². The summed E-state index contributed by atoms with van der Waals surface area (Å²) in [7, 11) is 0. The molecule has 1 N–H and O–H groups in total. The Morgan fingerprint density at radius 3 is 2.45 bits per heavy atom. The summed E-state index contributed by atoms with van der Waals surface area (Å²) in [6.07, 6.45) is 1.24. The summed E-state index contributed by atoms with van der Waals surface area (Å²) in [6.45, 7) is 8.88. The maximum atomic E-state index is 13.4. The summed E-state index contributed by atoms with van der Waals surface area (Å²) >= 11 is 0. The molecule has 1 saturated heterocycles. The standard InChI is InChI=1S/C24H26N2O3/c1-5-26-18-9-7-6-8-16(18)17-14-15(10-11-19(17)26)25-20(27)24-13-12-23(4,21(28)29-24)22(24,2)3/h6-11,14H,5,12-13H2,1-4H3,(H,25,27)/t23-,24+/m1/s1. The number of rotatable bonds is 3. The Morgan fingerprint density at radius 2 is 1.79 bits per heavy atom. The fraction of sp³-hybridized carbons (Fsp3) is 0.417. The highest BCUT2D eigenvalue weighted by Gasteiger charge is 2.75. The zero-order valence-corrected chi connectivity index (χ0v) is 17.3. The van der Waals surface area contributed by atoms with Crippen LogP contribution >= 0.6 is 0 Å². The van der Waals surface area contributed by atoms with E-state index in [1.54, 1.807) is 0 Å². The van der Waals surface area contributed by atoms with Gasteiger partial charge in [-0.05, 0) is 51.0 Å². The van der Waals surface area contributed by atoms with Gasteiger partial charge in [0.15, 0.2) is 5.60 Å². The van der Waals surface area contributed by atoms with Crippen molar-refractivity contribution in [3.8, 4) is 0 Å². The third-order valence-corrected chi connectivity index (χ3v) is 7.80. The first kappa shape index (κ1) is 18.2. The molecular formula is C24H26N2O3. The van der Waals surface area contributed by atoms with Crippen molar-refractivity contribution in [2.24, 2.45) is 10.8 Å². The quantitative estimate of drug-likeness (QED) is 0.649. The Kier molecular flexibility index (Phi) is 3.53. The van der Waals surface area contributed by atoms with Gasteiger partial charge in [-0.2, -0.15) is 0 Å². The van der Waals surface area contributed by atoms with Gasteiger partial charge in [0.1, 0.15) is 0 Å². The molecule has 2 fully saturated rings. The van der Waals surface area contributed by atoms with Gasteiger partial charge in [-0.3, -0.25) is 9.59 Å². The second kappa shape index (κ2) is 5.62. The van der Waals surface area contributed by atoms with Crippen LogP contribution in [-0.4, -0.2) is 22.0 Å². The highest BCUT2D eigenvalue weighted by molar-refractivity contribution is 6.10. The van der Waals surface area contributed by atoms with Gasteiger partial charge in [-0.25, -0.2) is 0 Å². The lowest BCUT2D eigenvalue weighted by atomic mass is 9.66. The predicted octanol–water partition coefficient (Wildman–Crippen LogP) is 4.87. The molecule has 0 unspecified atom stereocenters. The summed E-state index contributed by atoms with van der Waals surface area (Å²) < 4.78 is 8.00. The predicted molar refractivity (Wildman–Crippen MR) is 114 cm³/mol. The number of fused-ring (bicyclic) bond motifs is 5. The molecule has 5 nitrogen and oxygen atoms in total. The molecule has 1 aliphatic carbocycles. The minimum Gasteiger partial charge on any atom is -0.448 e. The van der Waals surface area contributed by atoms with Crippen molar-refractivity contribution < 1.29 is 14.3 Å². The fourth-order valence-electron chi connectivity index (χ4n) is 5.45. The molecule has 2 aliphatic rings. The number of carbonyl (C=O) groups excluding carboxylic acids is 2. The average molecular weight is 390 g/mol. The molecule has 5 heteroatoms. The molecule has 1 saturated carbocycles. The van der Waals surface area contributed by atoms with E-state index >= 15 is 0 Å². The van der Waals surface area contributed by atoms with Gasteiger partial charge in [-0.15, -0.1) is 0 Å². The first-order valence-corrected chi connectivity index (χ1v) is 10.3. The highest BCUT2D eigenvalue weighted by Crippen LogP contribution is 2.65. The monoisotopic (exact) mass is 390 g/mol. The van der Waals surface area contributed by atoms with E-state index in [1.165, 1.54) is 10.9 Å². The molecule has 2 aromatic carbocycles. The van der Waals surface area contributed by atoms with Gasteiger partial charge in [-0.1, -0.05) is 32.0 Å². The lowest BCUT2D eigenvalue weighted by Gasteiger charge is -2.35. The van der Waals surface area contributed by atoms with Crippen LogP contribution in [0.25, 0.3) is 21.8 Å². The topological polar surface area (TPSA) is 60.3 Å². The van der Waals surface area contributed by atoms with Gasteiger partial charge < -0.3 is 14.6 Å². The van der Waals surface area contributed by atoms with Crippen LogP contribution in [-0.2, 0) is 20.9 Å². The minimum absolute atomic E-state index is 0.226. The van der Waals surface area contributed by atoms with Crippen LogP contribution in [0.3, 0.4) is 0 Å². The van der Waals surface area contributed by atoms with Gasteiger partial charge in [0.25, 0.3) is 5.91 Å². The molecule has 2 atom stereocenters. The van der Waals surface area contributed by atoms with Crippen LogP contribution < -0.4 is 5.32 Å². The molecule has 0 spiro atoms. The third kappa shape index (κ3) is 2.05. The molecule has 2 bridgehead atoms. The minimum atomic E-state index is -1.11. The average Bonchev–Trinajstić information content (AvgIpc) is 3.18. The van der Waals surface area contributed by atoms with Crippen molar-refractivity contribution in [2.75, 3.05) is 5.32 Å². The largest absolute Gasteiger partial charge is 0.448 e. The Bertz CT molecular complexity index is 1190. The van der Waals surface area contributed by atoms with Crippen molar-refractivity contribution in [3.63, 3.8) is 0 Å². The molecule has 5 rings (SSSR count). The number of nitrogens with one attached hydrogen (secondary N) is 1. The first-order chi connectivity index (χ1) is 13.7. The van der Waals surface area contributed by atoms with E-state index in [4.69, 9.17) is 4.74 Å². The zero-order chi connectivity index (χ0) is 20.6. The van der Waals surface area contributed by atoms with E-state index < -0.39 is 16.4 Å². The van der Waals surface area contributed by atoms with Crippen LogP contribution in [0.5, 0.6) is 0 Å². The number of amides is 1. The number of aromatic nitrogens is 1. The number of benzene rings is 2. The molecular weight excluding hydrogens is 364 g/mol. The number of carbonyl (C=O) groups is 2. The highest BCUT2D eigenvalue weighted by atomic mass is 16.6. The normalized spacial score (nSPS) is 27.5. The number of aryl methyl sites for hydroxylation is 1. The second-order valence-corrected chi connectivity index (χ2v) is 9.12. The Labute approximate surface area is 170 Å². The fourth-order valence-corrected chi connectivity index (χ4v) is 5.45. The van der Waals surface area contributed by atoms with Crippen molar-refractivity contribution in [1.82, 2.24) is 4.57 Å². The number of nitrogens with zero attached hydrogens (tertiary/aromatic N) is 1. The number of hydrogen-bond acceptors (Lipinski definition) is 3. The zero-order valence-electron chi connectivity index (χ0n) is 17.3. The number of para-hydroxylation sites is 1. The van der Waals surface area contributed by atoms with Crippen molar-refractivity contribution in [1.29, 1.82) is 0 Å². The number of ether oxygens (including phenoxy) is 1. The van der Waals surface area contributed by atoms with Crippen molar-refractivity contribution in [3.05, 3.63) is 42.5 Å². The summed E-state index contributed by atoms with van der Waals surface area (Å²) in [5.74, 6) is -0.485. The summed E-state index contributed by atoms with van der Waals surface area (Å²) in [6, 6.07) is 14.3. The molecule has 1 aliphatic heterocycles. The Morgan fingerprint density at radius 1 is 1.07 bits per heavy atom. The molecule has 150 valence electrons. The van der Waals surface area contributed by atoms with E-state index in [0.717, 1.165) is 23.1 Å². The molecule has 29 heavy (non-hydrogen) atoms. The summed E-state index contributed by atoms with van der Waals surface area (Å²) in [4.78, 5) is 25.9. The molecule has 0 radical (unpaired) electrons. The molecule has 1 aromatic heterocycles.